The molecule has 2 aromatic heterocycles. The van der Waals surface area contributed by atoms with Gasteiger partial charge in [0.1, 0.15) is 23.2 Å². The van der Waals surface area contributed by atoms with Crippen LogP contribution in [0.3, 0.4) is 0 Å². The molecule has 3 heterocycles. The van der Waals surface area contributed by atoms with Crippen LogP contribution in [-0.4, -0.2) is 51.9 Å². The molecule has 0 aromatic carbocycles. The number of aromatic nitrogens is 3. The van der Waals surface area contributed by atoms with E-state index in [1.165, 1.54) is 12.3 Å². The number of hydrogen-bond acceptors (Lipinski definition) is 6. The topological polar surface area (TPSA) is 74.2 Å². The van der Waals surface area contributed by atoms with Crippen molar-refractivity contribution < 1.29 is 18.0 Å². The predicted molar refractivity (Wildman–Crippen MR) is 137 cm³/mol. The third kappa shape index (κ3) is 5.96. The number of alkyl halides is 3. The Morgan fingerprint density at radius 1 is 1.19 bits per heavy atom. The zero-order valence-electron chi connectivity index (χ0n) is 20.1. The van der Waals surface area contributed by atoms with Gasteiger partial charge in [0.05, 0.1) is 5.69 Å². The van der Waals surface area contributed by atoms with E-state index in [2.05, 4.69) is 20.2 Å². The average molecular weight is 509 g/mol. The minimum absolute atomic E-state index is 0. The van der Waals surface area contributed by atoms with Gasteiger partial charge in [-0.15, -0.1) is 0 Å². The molecule has 7 nitrogen and oxygen atoms in total. The summed E-state index contributed by atoms with van der Waals surface area (Å²) in [6.07, 6.45) is -0.400. The number of aryl methyl sites for hydroxylation is 1. The van der Waals surface area contributed by atoms with Crippen LogP contribution in [0.4, 0.5) is 24.7 Å². The van der Waals surface area contributed by atoms with Crippen LogP contribution in [0.25, 0.3) is 0 Å². The molecule has 0 unspecified atom stereocenters. The first-order valence-electron chi connectivity index (χ1n) is 11.6. The lowest BCUT2D eigenvalue weighted by molar-refractivity contribution is -0.141. The molecular weight excluding hydrogens is 469 g/mol. The number of hydrogen-bond donors (Lipinski definition) is 1. The molecule has 1 atom stereocenters. The summed E-state index contributed by atoms with van der Waals surface area (Å²) in [5, 5.41) is 2.98. The van der Waals surface area contributed by atoms with Crippen LogP contribution in [0.15, 0.2) is 18.3 Å². The number of carbonyl (C=O) groups excluding carboxylic acids is 1. The van der Waals surface area contributed by atoms with Crippen molar-refractivity contribution in [1.82, 2.24) is 19.9 Å². The molecule has 2 aliphatic rings. The SMILES string of the molecule is C.C.Cc1nc(CC2CC(N(C)Cc3ccc(C(F)(F)F)nc3)C2)nc2c1NC(=O)[C@H](C(C)C)N2C. The zero-order valence-corrected chi connectivity index (χ0v) is 20.1. The molecule has 10 heteroatoms. The summed E-state index contributed by atoms with van der Waals surface area (Å²) in [5.74, 6) is 2.11. The molecule has 1 fully saturated rings. The van der Waals surface area contributed by atoms with Crippen LogP contribution >= 0.6 is 0 Å². The van der Waals surface area contributed by atoms with Crippen LogP contribution in [0, 0.1) is 18.8 Å². The highest BCUT2D eigenvalue weighted by Crippen LogP contribution is 2.37. The van der Waals surface area contributed by atoms with E-state index in [1.807, 2.05) is 39.8 Å². The fourth-order valence-electron chi connectivity index (χ4n) is 4.95. The van der Waals surface area contributed by atoms with Gasteiger partial charge in [0.15, 0.2) is 5.82 Å². The van der Waals surface area contributed by atoms with E-state index in [9.17, 15) is 18.0 Å². The number of rotatable bonds is 6. The summed E-state index contributed by atoms with van der Waals surface area (Å²) in [5.41, 5.74) is 1.35. The summed E-state index contributed by atoms with van der Waals surface area (Å²) in [7, 11) is 3.89. The number of nitrogens with one attached hydrogen (secondary N) is 1. The predicted octanol–water partition coefficient (Wildman–Crippen LogP) is 5.34. The summed E-state index contributed by atoms with van der Waals surface area (Å²) < 4.78 is 38.1. The number of amides is 1. The van der Waals surface area contributed by atoms with Crippen LogP contribution in [-0.2, 0) is 23.9 Å². The lowest BCUT2D eigenvalue weighted by Crippen LogP contribution is -2.50. The number of anilines is 2. The average Bonchev–Trinajstić information content (AvgIpc) is 2.70. The molecule has 1 aliphatic carbocycles. The van der Waals surface area contributed by atoms with Crippen molar-refractivity contribution >= 4 is 17.4 Å². The molecule has 0 saturated heterocycles. The maximum Gasteiger partial charge on any atom is 0.433 e. The molecule has 1 N–H and O–H groups in total. The van der Waals surface area contributed by atoms with Crippen molar-refractivity contribution in [2.45, 2.75) is 79.7 Å². The van der Waals surface area contributed by atoms with E-state index in [1.54, 1.807) is 0 Å². The van der Waals surface area contributed by atoms with Crippen molar-refractivity contribution in [3.05, 3.63) is 41.1 Å². The Bertz CT molecular complexity index is 1050. The lowest BCUT2D eigenvalue weighted by Gasteiger charge is -2.41. The van der Waals surface area contributed by atoms with E-state index in [-0.39, 0.29) is 32.7 Å². The third-order valence-electron chi connectivity index (χ3n) is 6.87. The molecule has 1 saturated carbocycles. The Morgan fingerprint density at radius 3 is 2.42 bits per heavy atom. The fourth-order valence-corrected chi connectivity index (χ4v) is 4.95. The Balaban J connectivity index is 0.00000228. The number of likely N-dealkylation sites (N-methyl/N-ethyl adjacent to an activating group) is 1. The van der Waals surface area contributed by atoms with Crippen molar-refractivity contribution in [2.75, 3.05) is 24.3 Å². The molecule has 1 aliphatic heterocycles. The molecule has 4 rings (SSSR count). The number of halogens is 3. The van der Waals surface area contributed by atoms with Gasteiger partial charge in [0.2, 0.25) is 5.91 Å². The number of pyridine rings is 1. The number of nitrogens with zero attached hydrogens (tertiary/aromatic N) is 5. The van der Waals surface area contributed by atoms with Crippen molar-refractivity contribution in [3.8, 4) is 0 Å². The largest absolute Gasteiger partial charge is 0.433 e. The standard InChI is InChI=1S/C24H31F3N6O.2CH4/c1-13(2)21-23(34)31-20-14(3)29-19(30-22(20)33(21)5)10-16-8-17(9-16)32(4)12-15-6-7-18(28-11-15)24(25,26)27;;/h6-7,11,13,16-17,21H,8-10,12H2,1-5H3,(H,31,34);2*1H4/t16?,17?,21-;;/m0../s1. The van der Waals surface area contributed by atoms with Crippen molar-refractivity contribution in [3.63, 3.8) is 0 Å². The second-order valence-corrected chi connectivity index (χ2v) is 9.87. The first-order chi connectivity index (χ1) is 15.9. The van der Waals surface area contributed by atoms with Crippen molar-refractivity contribution in [1.29, 1.82) is 0 Å². The monoisotopic (exact) mass is 508 g/mol. The van der Waals surface area contributed by atoms with E-state index >= 15 is 0 Å². The highest BCUT2D eigenvalue weighted by molar-refractivity contribution is 6.03. The number of fused-ring (bicyclic) bond motifs is 1. The minimum Gasteiger partial charge on any atom is -0.346 e. The summed E-state index contributed by atoms with van der Waals surface area (Å²) in [6.45, 7) is 6.49. The molecule has 1 amide bonds. The van der Waals surface area contributed by atoms with Gasteiger partial charge >= 0.3 is 6.18 Å². The molecule has 0 bridgehead atoms. The van der Waals surface area contributed by atoms with Gasteiger partial charge < -0.3 is 10.2 Å². The van der Waals surface area contributed by atoms with Gasteiger partial charge in [-0.1, -0.05) is 34.8 Å². The first kappa shape index (κ1) is 29.5. The molecule has 200 valence electrons. The Kier molecular flexibility index (Phi) is 9.10. The zero-order chi connectivity index (χ0) is 24.8. The molecule has 0 spiro atoms. The van der Waals surface area contributed by atoms with Gasteiger partial charge in [-0.2, -0.15) is 13.2 Å². The fraction of sp³-hybridized carbons (Fsp3) is 0.615. The van der Waals surface area contributed by atoms with E-state index in [4.69, 9.17) is 4.98 Å². The van der Waals surface area contributed by atoms with Crippen LogP contribution in [0.1, 0.15) is 64.3 Å². The van der Waals surface area contributed by atoms with E-state index in [0.29, 0.717) is 24.2 Å². The second kappa shape index (κ2) is 11.1. The molecule has 36 heavy (non-hydrogen) atoms. The number of carbonyl (C=O) groups is 1. The van der Waals surface area contributed by atoms with Crippen LogP contribution in [0.5, 0.6) is 0 Å². The quantitative estimate of drug-likeness (QED) is 0.568. The molecular formula is C26H39F3N6O. The Labute approximate surface area is 212 Å². The Morgan fingerprint density at radius 2 is 1.86 bits per heavy atom. The van der Waals surface area contributed by atoms with E-state index < -0.39 is 11.9 Å². The molecule has 0 radical (unpaired) electrons. The van der Waals surface area contributed by atoms with Gasteiger partial charge in [-0.05, 0) is 50.3 Å². The lowest BCUT2D eigenvalue weighted by atomic mass is 9.77. The second-order valence-electron chi connectivity index (χ2n) is 9.87. The van der Waals surface area contributed by atoms with Crippen LogP contribution < -0.4 is 10.2 Å². The minimum atomic E-state index is -4.42. The smallest absolute Gasteiger partial charge is 0.346 e. The summed E-state index contributed by atoms with van der Waals surface area (Å²) in [6, 6.07) is 2.62. The van der Waals surface area contributed by atoms with Gasteiger partial charge in [-0.25, -0.2) is 9.97 Å². The maximum absolute atomic E-state index is 12.7. The van der Waals surface area contributed by atoms with Crippen LogP contribution in [0.2, 0.25) is 0 Å². The molecule has 2 aromatic rings. The van der Waals surface area contributed by atoms with Gasteiger partial charge in [-0.3, -0.25) is 14.7 Å². The highest BCUT2D eigenvalue weighted by atomic mass is 19.4. The van der Waals surface area contributed by atoms with Gasteiger partial charge in [0.25, 0.3) is 0 Å². The third-order valence-corrected chi connectivity index (χ3v) is 6.87. The highest BCUT2D eigenvalue weighted by Gasteiger charge is 2.37. The summed E-state index contributed by atoms with van der Waals surface area (Å²) in [4.78, 5) is 29.6. The normalized spacial score (nSPS) is 21.3. The van der Waals surface area contributed by atoms with Gasteiger partial charge in [0, 0.05) is 32.3 Å². The summed E-state index contributed by atoms with van der Waals surface area (Å²) >= 11 is 0. The van der Waals surface area contributed by atoms with Crippen molar-refractivity contribution in [2.24, 2.45) is 11.8 Å². The maximum atomic E-state index is 12.7. The van der Waals surface area contributed by atoms with E-state index in [0.717, 1.165) is 48.2 Å². The first-order valence-corrected chi connectivity index (χ1v) is 11.6. The Hall–Kier alpha value is -2.75.